The van der Waals surface area contributed by atoms with Crippen LogP contribution >= 0.6 is 0 Å². The molecule has 2 aromatic carbocycles. The highest BCUT2D eigenvalue weighted by molar-refractivity contribution is 5.98. The van der Waals surface area contributed by atoms with Gasteiger partial charge >= 0.3 is 5.97 Å². The van der Waals surface area contributed by atoms with E-state index in [9.17, 15) is 19.7 Å². The van der Waals surface area contributed by atoms with Crippen molar-refractivity contribution < 1.29 is 19.2 Å². The van der Waals surface area contributed by atoms with Gasteiger partial charge in [-0.3, -0.25) is 14.9 Å². The van der Waals surface area contributed by atoms with Gasteiger partial charge in [-0.1, -0.05) is 12.1 Å². The van der Waals surface area contributed by atoms with Gasteiger partial charge in [-0.25, -0.2) is 4.79 Å². The molecule has 2 rings (SSSR count). The molecule has 0 fully saturated rings. The Morgan fingerprint density at radius 3 is 2.52 bits per heavy atom. The number of aryl methyl sites for hydroxylation is 1. The van der Waals surface area contributed by atoms with Crippen LogP contribution in [-0.2, 0) is 9.53 Å². The van der Waals surface area contributed by atoms with Crippen LogP contribution in [0.4, 0.5) is 17.1 Å². The van der Waals surface area contributed by atoms with Crippen molar-refractivity contribution in [3.05, 3.63) is 63.7 Å². The van der Waals surface area contributed by atoms with Crippen molar-refractivity contribution in [1.82, 2.24) is 0 Å². The first-order valence-electron chi connectivity index (χ1n) is 7.41. The van der Waals surface area contributed by atoms with Gasteiger partial charge in [0, 0.05) is 30.6 Å². The molecule has 0 bridgehead atoms. The van der Waals surface area contributed by atoms with Crippen LogP contribution in [0.3, 0.4) is 0 Å². The van der Waals surface area contributed by atoms with E-state index in [2.05, 4.69) is 10.6 Å². The van der Waals surface area contributed by atoms with E-state index in [1.807, 2.05) is 0 Å². The van der Waals surface area contributed by atoms with Crippen LogP contribution in [0.25, 0.3) is 0 Å². The van der Waals surface area contributed by atoms with E-state index in [0.717, 1.165) is 0 Å². The molecule has 130 valence electrons. The van der Waals surface area contributed by atoms with Crippen LogP contribution in [0.15, 0.2) is 42.5 Å². The maximum atomic E-state index is 12.1. The number of non-ortho nitro benzene ring substituents is 1. The SMILES string of the molecule is CNc1ccccc1C(=O)OCC(=O)Nc1ccc([N+](=O)[O-])cc1C. The lowest BCUT2D eigenvalue weighted by Crippen LogP contribution is -2.21. The number of esters is 1. The Bertz CT molecular complexity index is 820. The zero-order valence-corrected chi connectivity index (χ0v) is 13.7. The lowest BCUT2D eigenvalue weighted by atomic mass is 10.2. The number of amides is 1. The maximum Gasteiger partial charge on any atom is 0.340 e. The fourth-order valence-corrected chi connectivity index (χ4v) is 2.18. The van der Waals surface area contributed by atoms with Crippen LogP contribution in [-0.4, -0.2) is 30.5 Å². The number of hydrogen-bond acceptors (Lipinski definition) is 6. The van der Waals surface area contributed by atoms with Crippen molar-refractivity contribution >= 4 is 28.9 Å². The van der Waals surface area contributed by atoms with E-state index >= 15 is 0 Å². The predicted molar refractivity (Wildman–Crippen MR) is 92.7 cm³/mol. The van der Waals surface area contributed by atoms with Crippen molar-refractivity contribution in [3.8, 4) is 0 Å². The van der Waals surface area contributed by atoms with Crippen molar-refractivity contribution in [2.45, 2.75) is 6.92 Å². The summed E-state index contributed by atoms with van der Waals surface area (Å²) >= 11 is 0. The molecule has 2 aromatic rings. The second-order valence-corrected chi connectivity index (χ2v) is 5.18. The molecule has 0 aromatic heterocycles. The summed E-state index contributed by atoms with van der Waals surface area (Å²) in [5.41, 5.74) is 1.81. The lowest BCUT2D eigenvalue weighted by molar-refractivity contribution is -0.384. The van der Waals surface area contributed by atoms with E-state index in [1.165, 1.54) is 18.2 Å². The molecule has 0 saturated carbocycles. The van der Waals surface area contributed by atoms with Gasteiger partial charge in [-0.2, -0.15) is 0 Å². The Labute approximate surface area is 144 Å². The average molecular weight is 343 g/mol. The minimum atomic E-state index is -0.625. The Morgan fingerprint density at radius 2 is 1.88 bits per heavy atom. The van der Waals surface area contributed by atoms with Gasteiger partial charge in [-0.05, 0) is 30.7 Å². The molecule has 0 atom stereocenters. The van der Waals surface area contributed by atoms with Gasteiger partial charge in [0.1, 0.15) is 0 Å². The molecule has 2 N–H and O–H groups in total. The molecule has 1 amide bonds. The van der Waals surface area contributed by atoms with Gasteiger partial charge < -0.3 is 15.4 Å². The number of hydrogen-bond donors (Lipinski definition) is 2. The zero-order chi connectivity index (χ0) is 18.4. The predicted octanol–water partition coefficient (Wildman–Crippen LogP) is 2.74. The van der Waals surface area contributed by atoms with E-state index in [0.29, 0.717) is 22.5 Å². The van der Waals surface area contributed by atoms with Gasteiger partial charge in [0.2, 0.25) is 0 Å². The maximum absolute atomic E-state index is 12.1. The minimum absolute atomic E-state index is 0.0643. The largest absolute Gasteiger partial charge is 0.452 e. The third kappa shape index (κ3) is 4.54. The molecule has 0 aliphatic heterocycles. The fraction of sp³-hybridized carbons (Fsp3) is 0.176. The molecule has 0 heterocycles. The molecule has 8 nitrogen and oxygen atoms in total. The van der Waals surface area contributed by atoms with Gasteiger partial charge in [0.25, 0.3) is 11.6 Å². The number of nitrogens with zero attached hydrogens (tertiary/aromatic N) is 1. The Morgan fingerprint density at radius 1 is 1.16 bits per heavy atom. The molecule has 0 aliphatic carbocycles. The van der Waals surface area contributed by atoms with Crippen molar-refractivity contribution in [2.75, 3.05) is 24.3 Å². The second kappa shape index (κ2) is 7.91. The number of nitro benzene ring substituents is 1. The first-order valence-corrected chi connectivity index (χ1v) is 7.41. The van der Waals surface area contributed by atoms with Gasteiger partial charge in [0.15, 0.2) is 6.61 Å². The summed E-state index contributed by atoms with van der Waals surface area (Å²) in [7, 11) is 1.68. The molecular weight excluding hydrogens is 326 g/mol. The molecule has 0 spiro atoms. The van der Waals surface area contributed by atoms with Gasteiger partial charge in [0.05, 0.1) is 10.5 Å². The van der Waals surface area contributed by atoms with Crippen LogP contribution in [0, 0.1) is 17.0 Å². The monoisotopic (exact) mass is 343 g/mol. The summed E-state index contributed by atoms with van der Waals surface area (Å²) in [4.78, 5) is 34.2. The summed E-state index contributed by atoms with van der Waals surface area (Å²) in [5, 5.41) is 16.1. The lowest BCUT2D eigenvalue weighted by Gasteiger charge is -2.10. The molecule has 0 aliphatic rings. The number of nitrogens with one attached hydrogen (secondary N) is 2. The molecular formula is C17H17N3O5. The number of carbonyl (C=O) groups is 2. The molecule has 0 radical (unpaired) electrons. The zero-order valence-electron chi connectivity index (χ0n) is 13.7. The number of anilines is 2. The molecule has 0 saturated heterocycles. The highest BCUT2D eigenvalue weighted by Crippen LogP contribution is 2.21. The number of ether oxygens (including phenoxy) is 1. The number of benzene rings is 2. The van der Waals surface area contributed by atoms with E-state index in [4.69, 9.17) is 4.74 Å². The summed E-state index contributed by atoms with van der Waals surface area (Å²) < 4.78 is 5.01. The third-order valence-corrected chi connectivity index (χ3v) is 3.45. The quantitative estimate of drug-likeness (QED) is 0.474. The smallest absolute Gasteiger partial charge is 0.340 e. The topological polar surface area (TPSA) is 111 Å². The Kier molecular flexibility index (Phi) is 5.67. The number of carbonyl (C=O) groups excluding carboxylic acids is 2. The van der Waals surface area contributed by atoms with Crippen LogP contribution < -0.4 is 10.6 Å². The molecule has 0 unspecified atom stereocenters. The minimum Gasteiger partial charge on any atom is -0.452 e. The summed E-state index contributed by atoms with van der Waals surface area (Å²) in [5.74, 6) is -1.16. The van der Waals surface area contributed by atoms with Crippen LogP contribution in [0.1, 0.15) is 15.9 Å². The first-order chi connectivity index (χ1) is 11.9. The van der Waals surface area contributed by atoms with E-state index in [-0.39, 0.29) is 5.69 Å². The van der Waals surface area contributed by atoms with E-state index < -0.39 is 23.4 Å². The van der Waals surface area contributed by atoms with Crippen molar-refractivity contribution in [1.29, 1.82) is 0 Å². The first kappa shape index (κ1) is 17.9. The van der Waals surface area contributed by atoms with Gasteiger partial charge in [-0.15, -0.1) is 0 Å². The highest BCUT2D eigenvalue weighted by Gasteiger charge is 2.15. The second-order valence-electron chi connectivity index (χ2n) is 5.18. The molecule has 25 heavy (non-hydrogen) atoms. The summed E-state index contributed by atoms with van der Waals surface area (Å²) in [6.07, 6.45) is 0. The summed E-state index contributed by atoms with van der Waals surface area (Å²) in [6.45, 7) is 1.17. The van der Waals surface area contributed by atoms with Crippen molar-refractivity contribution in [2.24, 2.45) is 0 Å². The fourth-order valence-electron chi connectivity index (χ4n) is 2.18. The Hall–Kier alpha value is -3.42. The normalized spacial score (nSPS) is 10.0. The standard InChI is InChI=1S/C17H17N3O5/c1-11-9-12(20(23)24)7-8-14(11)19-16(21)10-25-17(22)13-5-3-4-6-15(13)18-2/h3-9,18H,10H2,1-2H3,(H,19,21). The average Bonchev–Trinajstić information content (AvgIpc) is 2.61. The van der Waals surface area contributed by atoms with E-state index in [1.54, 1.807) is 38.2 Å². The number of para-hydroxylation sites is 1. The Balaban J connectivity index is 1.97. The number of nitro groups is 1. The number of rotatable bonds is 6. The third-order valence-electron chi connectivity index (χ3n) is 3.45. The highest BCUT2D eigenvalue weighted by atomic mass is 16.6. The molecule has 8 heteroatoms. The van der Waals surface area contributed by atoms with Crippen LogP contribution in [0.5, 0.6) is 0 Å². The summed E-state index contributed by atoms with van der Waals surface area (Å²) in [6, 6.07) is 10.8. The van der Waals surface area contributed by atoms with Crippen molar-refractivity contribution in [3.63, 3.8) is 0 Å². The van der Waals surface area contributed by atoms with Crippen LogP contribution in [0.2, 0.25) is 0 Å².